The summed E-state index contributed by atoms with van der Waals surface area (Å²) in [6.45, 7) is 5.73. The highest BCUT2D eigenvalue weighted by molar-refractivity contribution is 5.85. The maximum absolute atomic E-state index is 5.51. The van der Waals surface area contributed by atoms with Gasteiger partial charge in [0.25, 0.3) is 5.88 Å². The van der Waals surface area contributed by atoms with Gasteiger partial charge in [0.05, 0.1) is 11.7 Å². The number of nitrogens with one attached hydrogen (secondary N) is 1. The lowest BCUT2D eigenvalue weighted by atomic mass is 10.1. The second kappa shape index (κ2) is 4.66. The molecule has 1 N–H and O–H groups in total. The number of hydrogen-bond acceptors (Lipinski definition) is 4. The first kappa shape index (κ1) is 11.3. The van der Waals surface area contributed by atoms with E-state index in [-0.39, 0.29) is 18.5 Å². The molecule has 0 amide bonds. The average Bonchev–Trinajstić information content (AvgIpc) is 2.48. The Morgan fingerprint density at radius 1 is 1.50 bits per heavy atom. The zero-order chi connectivity index (χ0) is 9.26. The first-order valence-electron chi connectivity index (χ1n) is 4.62. The molecule has 80 valence electrons. The van der Waals surface area contributed by atoms with Crippen LogP contribution in [-0.2, 0) is 13.0 Å². The van der Waals surface area contributed by atoms with E-state index < -0.39 is 0 Å². The molecule has 0 atom stereocenters. The summed E-state index contributed by atoms with van der Waals surface area (Å²) < 4.78 is 10.7. The van der Waals surface area contributed by atoms with Gasteiger partial charge in [-0.1, -0.05) is 0 Å². The summed E-state index contributed by atoms with van der Waals surface area (Å²) in [7, 11) is 0. The molecule has 1 aromatic heterocycles. The fourth-order valence-corrected chi connectivity index (χ4v) is 1.43. The Labute approximate surface area is 89.4 Å². The molecule has 0 spiro atoms. The van der Waals surface area contributed by atoms with E-state index in [1.165, 1.54) is 0 Å². The van der Waals surface area contributed by atoms with E-state index in [1.54, 1.807) is 0 Å². The number of fused-ring (bicyclic) bond motifs is 1. The molecule has 14 heavy (non-hydrogen) atoms. The molecule has 4 nitrogen and oxygen atoms in total. The highest BCUT2D eigenvalue weighted by atomic mass is 35.5. The van der Waals surface area contributed by atoms with Crippen molar-refractivity contribution < 1.29 is 9.26 Å². The van der Waals surface area contributed by atoms with E-state index >= 15 is 0 Å². The predicted octanol–water partition coefficient (Wildman–Crippen LogP) is 1.53. The van der Waals surface area contributed by atoms with Crippen molar-refractivity contribution in [1.29, 1.82) is 0 Å². The first-order valence-corrected chi connectivity index (χ1v) is 4.62. The number of ether oxygens (including phenoxy) is 1. The molecule has 0 saturated heterocycles. The van der Waals surface area contributed by atoms with E-state index in [2.05, 4.69) is 10.5 Å². The molecule has 1 aliphatic heterocycles. The predicted molar refractivity (Wildman–Crippen MR) is 54.9 cm³/mol. The van der Waals surface area contributed by atoms with Crippen LogP contribution in [0.3, 0.4) is 0 Å². The van der Waals surface area contributed by atoms with Gasteiger partial charge in [0.1, 0.15) is 5.76 Å². The van der Waals surface area contributed by atoms with Gasteiger partial charge in [-0.05, 0) is 19.0 Å². The molecule has 0 saturated carbocycles. The van der Waals surface area contributed by atoms with Crippen LogP contribution in [0.4, 0.5) is 0 Å². The molecule has 2 heterocycles. The van der Waals surface area contributed by atoms with Crippen molar-refractivity contribution in [2.45, 2.75) is 32.9 Å². The molecule has 0 unspecified atom stereocenters. The van der Waals surface area contributed by atoms with Gasteiger partial charge in [0.2, 0.25) is 0 Å². The zero-order valence-electron chi connectivity index (χ0n) is 8.37. The van der Waals surface area contributed by atoms with Crippen LogP contribution in [0.2, 0.25) is 0 Å². The van der Waals surface area contributed by atoms with Gasteiger partial charge in [-0.15, -0.1) is 12.4 Å². The van der Waals surface area contributed by atoms with Crippen LogP contribution in [0.15, 0.2) is 4.52 Å². The van der Waals surface area contributed by atoms with Crippen LogP contribution < -0.4 is 10.1 Å². The average molecular weight is 219 g/mol. The molecule has 1 aromatic rings. The molecule has 0 radical (unpaired) electrons. The third-order valence-electron chi connectivity index (χ3n) is 2.01. The minimum Gasteiger partial charge on any atom is -0.473 e. The van der Waals surface area contributed by atoms with E-state index in [9.17, 15) is 0 Å². The van der Waals surface area contributed by atoms with E-state index in [1.807, 2.05) is 13.8 Å². The largest absolute Gasteiger partial charge is 0.473 e. The summed E-state index contributed by atoms with van der Waals surface area (Å²) in [5.74, 6) is 1.62. The number of nitrogens with zero attached hydrogens (tertiary/aromatic N) is 1. The lowest BCUT2D eigenvalue weighted by Crippen LogP contribution is -2.23. The van der Waals surface area contributed by atoms with Crippen LogP contribution >= 0.6 is 12.4 Å². The number of halogens is 1. The summed E-state index contributed by atoms with van der Waals surface area (Å²) >= 11 is 0. The SMILES string of the molecule is CC(C)Oc1noc2c1CNCC2.Cl. The first-order chi connectivity index (χ1) is 6.27. The Morgan fingerprint density at radius 3 is 3.00 bits per heavy atom. The van der Waals surface area contributed by atoms with Crippen molar-refractivity contribution in [2.24, 2.45) is 0 Å². The van der Waals surface area contributed by atoms with Gasteiger partial charge in [0, 0.05) is 19.5 Å². The molecule has 0 aromatic carbocycles. The monoisotopic (exact) mass is 218 g/mol. The summed E-state index contributed by atoms with van der Waals surface area (Å²) in [5, 5.41) is 7.16. The Morgan fingerprint density at radius 2 is 2.29 bits per heavy atom. The van der Waals surface area contributed by atoms with Gasteiger partial charge in [-0.25, -0.2) is 0 Å². The maximum atomic E-state index is 5.51. The van der Waals surface area contributed by atoms with E-state index in [0.29, 0.717) is 5.88 Å². The normalized spacial score (nSPS) is 14.8. The lowest BCUT2D eigenvalue weighted by Gasteiger charge is -2.12. The van der Waals surface area contributed by atoms with Crippen molar-refractivity contribution in [1.82, 2.24) is 10.5 Å². The van der Waals surface area contributed by atoms with E-state index in [0.717, 1.165) is 30.8 Å². The summed E-state index contributed by atoms with van der Waals surface area (Å²) in [6.07, 6.45) is 1.06. The smallest absolute Gasteiger partial charge is 0.259 e. The highest BCUT2D eigenvalue weighted by Gasteiger charge is 2.20. The lowest BCUT2D eigenvalue weighted by molar-refractivity contribution is 0.216. The van der Waals surface area contributed by atoms with Crippen molar-refractivity contribution in [3.63, 3.8) is 0 Å². The topological polar surface area (TPSA) is 47.3 Å². The second-order valence-electron chi connectivity index (χ2n) is 3.48. The van der Waals surface area contributed by atoms with Crippen molar-refractivity contribution in [3.8, 4) is 5.88 Å². The Bertz CT molecular complexity index is 299. The molecular weight excluding hydrogens is 204 g/mol. The third-order valence-corrected chi connectivity index (χ3v) is 2.01. The minimum atomic E-state index is 0. The van der Waals surface area contributed by atoms with Gasteiger partial charge >= 0.3 is 0 Å². The molecule has 1 aliphatic rings. The maximum Gasteiger partial charge on any atom is 0.259 e. The summed E-state index contributed by atoms with van der Waals surface area (Å²) in [6, 6.07) is 0. The van der Waals surface area contributed by atoms with Crippen LogP contribution in [0.5, 0.6) is 5.88 Å². The summed E-state index contributed by atoms with van der Waals surface area (Å²) in [4.78, 5) is 0. The molecule has 0 aliphatic carbocycles. The Hall–Kier alpha value is -0.740. The Balaban J connectivity index is 0.000000980. The third kappa shape index (κ3) is 2.19. The van der Waals surface area contributed by atoms with Crippen molar-refractivity contribution >= 4 is 12.4 Å². The molecular formula is C9H15ClN2O2. The highest BCUT2D eigenvalue weighted by Crippen LogP contribution is 2.24. The van der Waals surface area contributed by atoms with Crippen LogP contribution in [0.25, 0.3) is 0 Å². The number of rotatable bonds is 2. The van der Waals surface area contributed by atoms with Crippen LogP contribution in [0, 0.1) is 0 Å². The molecule has 2 rings (SSSR count). The van der Waals surface area contributed by atoms with Crippen molar-refractivity contribution in [3.05, 3.63) is 11.3 Å². The van der Waals surface area contributed by atoms with E-state index in [4.69, 9.17) is 9.26 Å². The van der Waals surface area contributed by atoms with Gasteiger partial charge in [-0.3, -0.25) is 0 Å². The summed E-state index contributed by atoms with van der Waals surface area (Å²) in [5.41, 5.74) is 1.08. The minimum absolute atomic E-state index is 0. The Kier molecular flexibility index (Phi) is 3.77. The quantitative estimate of drug-likeness (QED) is 0.818. The van der Waals surface area contributed by atoms with Crippen LogP contribution in [0.1, 0.15) is 25.2 Å². The number of aromatic nitrogens is 1. The van der Waals surface area contributed by atoms with Gasteiger partial charge in [0.15, 0.2) is 0 Å². The molecule has 5 heteroatoms. The second-order valence-corrected chi connectivity index (χ2v) is 3.48. The molecule has 0 fully saturated rings. The molecule has 0 bridgehead atoms. The standard InChI is InChI=1S/C9H14N2O2.ClH/c1-6(2)12-9-7-5-10-4-3-8(7)13-11-9;/h6,10H,3-5H2,1-2H3;1H. The fourth-order valence-electron chi connectivity index (χ4n) is 1.43. The van der Waals surface area contributed by atoms with Crippen LogP contribution in [-0.4, -0.2) is 17.8 Å². The zero-order valence-corrected chi connectivity index (χ0v) is 9.19. The van der Waals surface area contributed by atoms with Crippen molar-refractivity contribution in [2.75, 3.05) is 6.54 Å². The van der Waals surface area contributed by atoms with Gasteiger partial charge in [-0.2, -0.15) is 0 Å². The number of hydrogen-bond donors (Lipinski definition) is 1. The van der Waals surface area contributed by atoms with Gasteiger partial charge < -0.3 is 14.6 Å². The fraction of sp³-hybridized carbons (Fsp3) is 0.667.